The van der Waals surface area contributed by atoms with E-state index in [0.717, 1.165) is 37.3 Å². The average Bonchev–Trinajstić information content (AvgIpc) is 3.80. The Morgan fingerprint density at radius 2 is 0.596 bits per heavy atom. The molecule has 4 heteroatoms. The molecule has 0 aromatic carbocycles. The lowest BCUT2D eigenvalue weighted by atomic mass is 9.68. The van der Waals surface area contributed by atoms with E-state index < -0.39 is 11.8 Å². The van der Waals surface area contributed by atoms with Gasteiger partial charge in [-0.1, -0.05) is 206 Å². The number of hydrogen-bond acceptors (Lipinski definition) is 2. The predicted molar refractivity (Wildman–Crippen MR) is 223 cm³/mol. The third-order valence-electron chi connectivity index (χ3n) is 12.0. The maximum atomic E-state index is 13.5. The summed E-state index contributed by atoms with van der Waals surface area (Å²) in [6, 6.07) is 8.02. The van der Waals surface area contributed by atoms with Crippen LogP contribution in [0.15, 0.2) is 36.7 Å². The minimum absolute atomic E-state index is 0.0869. The van der Waals surface area contributed by atoms with E-state index in [1.807, 2.05) is 24.3 Å². The number of ketones is 2. The number of rotatable bonds is 36. The first-order chi connectivity index (χ1) is 25.7. The molecule has 296 valence electrons. The monoisotopic (exact) mass is 719 g/mol. The molecule has 0 spiro atoms. The van der Waals surface area contributed by atoms with Crippen molar-refractivity contribution in [2.24, 2.45) is 0 Å². The minimum atomic E-state index is -0.583. The highest BCUT2D eigenvalue weighted by Gasteiger charge is 2.52. The van der Waals surface area contributed by atoms with Crippen LogP contribution in [0.25, 0.3) is 0 Å². The van der Waals surface area contributed by atoms with Gasteiger partial charge in [0, 0.05) is 36.9 Å². The molecule has 4 nitrogen and oxygen atoms in total. The fourth-order valence-corrected chi connectivity index (χ4v) is 8.55. The number of unbranched alkanes of at least 4 members (excludes halogenated alkanes) is 30. The first-order valence-electron chi connectivity index (χ1n) is 23.1. The van der Waals surface area contributed by atoms with Crippen molar-refractivity contribution >= 4 is 11.6 Å². The van der Waals surface area contributed by atoms with Crippen molar-refractivity contribution in [1.82, 2.24) is 9.13 Å². The van der Waals surface area contributed by atoms with Crippen molar-refractivity contribution in [2.75, 3.05) is 0 Å². The summed E-state index contributed by atoms with van der Waals surface area (Å²) in [7, 11) is 0. The normalized spacial score (nSPS) is 15.9. The van der Waals surface area contributed by atoms with Crippen molar-refractivity contribution in [3.05, 3.63) is 48.0 Å². The molecule has 1 aliphatic carbocycles. The second-order valence-electron chi connectivity index (χ2n) is 16.5. The second kappa shape index (κ2) is 29.3. The molecule has 3 rings (SSSR count). The van der Waals surface area contributed by atoms with E-state index in [-0.39, 0.29) is 11.6 Å². The highest BCUT2D eigenvalue weighted by Crippen LogP contribution is 2.41. The molecule has 2 aromatic rings. The number of nitrogens with zero attached hydrogens (tertiary/aromatic N) is 2. The molecule has 1 aliphatic rings. The van der Waals surface area contributed by atoms with Crippen molar-refractivity contribution < 1.29 is 9.59 Å². The zero-order valence-corrected chi connectivity index (χ0v) is 34.4. The molecular weight excluding hydrogens is 637 g/mol. The van der Waals surface area contributed by atoms with E-state index >= 15 is 0 Å². The van der Waals surface area contributed by atoms with Crippen molar-refractivity contribution in [3.8, 4) is 0 Å². The Kier molecular flexibility index (Phi) is 24.9. The van der Waals surface area contributed by atoms with Crippen LogP contribution in [0.3, 0.4) is 0 Å². The van der Waals surface area contributed by atoms with Gasteiger partial charge in [0.2, 0.25) is 0 Å². The lowest BCUT2D eigenvalue weighted by Gasteiger charge is -2.33. The SMILES string of the molecule is CCCCCCCCCCCCCCCCCCn1cccc1C1C(=O)C(c2cccn2CCCCCCCCCCCCCCCCCC)C1=O. The number of carbonyl (C=O) groups is 2. The standard InChI is InChI=1S/C48H82N2O2/c1-3-5-7-9-11-13-15-17-19-21-23-25-27-29-31-33-39-49-41-35-37-43(49)45-47(51)46(48(45)52)44-38-36-42-50(44)40-34-32-30-28-26-24-22-20-18-16-14-12-10-8-6-4-2/h35-38,41-42,45-46H,3-34,39-40H2,1-2H3. The van der Waals surface area contributed by atoms with Gasteiger partial charge < -0.3 is 9.13 Å². The molecule has 0 N–H and O–H groups in total. The van der Waals surface area contributed by atoms with Gasteiger partial charge in [-0.3, -0.25) is 9.59 Å². The predicted octanol–water partition coefficient (Wildman–Crippen LogP) is 14.8. The summed E-state index contributed by atoms with van der Waals surface area (Å²) >= 11 is 0. The van der Waals surface area contributed by atoms with Crippen molar-refractivity contribution in [1.29, 1.82) is 0 Å². The van der Waals surface area contributed by atoms with Crippen LogP contribution in [0.1, 0.15) is 243 Å². The Bertz CT molecular complexity index is 1060. The number of carbonyl (C=O) groups excluding carboxylic acids is 2. The summed E-state index contributed by atoms with van der Waals surface area (Å²) < 4.78 is 4.35. The van der Waals surface area contributed by atoms with E-state index in [1.165, 1.54) is 193 Å². The molecule has 0 unspecified atom stereocenters. The summed E-state index contributed by atoms with van der Waals surface area (Å²) in [5.41, 5.74) is 1.81. The molecule has 2 heterocycles. The van der Waals surface area contributed by atoms with Crippen LogP contribution in [-0.2, 0) is 22.7 Å². The Balaban J connectivity index is 1.20. The Hall–Kier alpha value is -2.10. The van der Waals surface area contributed by atoms with E-state index in [0.29, 0.717) is 0 Å². The average molecular weight is 719 g/mol. The van der Waals surface area contributed by atoms with Gasteiger partial charge in [0.1, 0.15) is 11.8 Å². The lowest BCUT2D eigenvalue weighted by Crippen LogP contribution is -2.46. The molecule has 1 saturated carbocycles. The summed E-state index contributed by atoms with van der Waals surface area (Å²) in [5.74, 6) is -0.993. The van der Waals surface area contributed by atoms with Gasteiger partial charge in [0.25, 0.3) is 0 Å². The fourth-order valence-electron chi connectivity index (χ4n) is 8.55. The molecule has 52 heavy (non-hydrogen) atoms. The van der Waals surface area contributed by atoms with Gasteiger partial charge in [-0.15, -0.1) is 0 Å². The van der Waals surface area contributed by atoms with Gasteiger partial charge in [-0.2, -0.15) is 0 Å². The number of aromatic nitrogens is 2. The molecule has 2 aromatic heterocycles. The first kappa shape index (κ1) is 44.3. The van der Waals surface area contributed by atoms with Crippen LogP contribution in [-0.4, -0.2) is 20.7 Å². The number of hydrogen-bond donors (Lipinski definition) is 0. The highest BCUT2D eigenvalue weighted by molar-refractivity contribution is 6.30. The van der Waals surface area contributed by atoms with Crippen molar-refractivity contribution in [3.63, 3.8) is 0 Å². The summed E-state index contributed by atoms with van der Waals surface area (Å²) in [6.07, 6.45) is 47.8. The van der Waals surface area contributed by atoms with Crippen LogP contribution in [0.4, 0.5) is 0 Å². The van der Waals surface area contributed by atoms with E-state index in [1.54, 1.807) is 0 Å². The lowest BCUT2D eigenvalue weighted by molar-refractivity contribution is -0.142. The second-order valence-corrected chi connectivity index (χ2v) is 16.5. The van der Waals surface area contributed by atoms with Gasteiger partial charge in [-0.05, 0) is 37.1 Å². The quantitative estimate of drug-likeness (QED) is 0.0520. The maximum absolute atomic E-state index is 13.5. The fraction of sp³-hybridized carbons (Fsp3) is 0.792. The zero-order valence-electron chi connectivity index (χ0n) is 34.4. The smallest absolute Gasteiger partial charge is 0.165 e. The first-order valence-corrected chi connectivity index (χ1v) is 23.1. The Labute approximate surface area is 321 Å². The van der Waals surface area contributed by atoms with Gasteiger partial charge in [0.05, 0.1) is 0 Å². The van der Waals surface area contributed by atoms with E-state index in [2.05, 4.69) is 35.4 Å². The van der Waals surface area contributed by atoms with Crippen molar-refractivity contribution in [2.45, 2.75) is 244 Å². The number of aryl methyl sites for hydroxylation is 2. The van der Waals surface area contributed by atoms with E-state index in [4.69, 9.17) is 0 Å². The zero-order chi connectivity index (χ0) is 36.9. The molecule has 0 saturated heterocycles. The van der Waals surface area contributed by atoms with Gasteiger partial charge >= 0.3 is 0 Å². The van der Waals surface area contributed by atoms with Gasteiger partial charge in [-0.25, -0.2) is 0 Å². The maximum Gasteiger partial charge on any atom is 0.165 e. The molecular formula is C48H82N2O2. The molecule has 0 radical (unpaired) electrons. The van der Waals surface area contributed by atoms with Crippen LogP contribution in [0.5, 0.6) is 0 Å². The van der Waals surface area contributed by atoms with Crippen LogP contribution in [0.2, 0.25) is 0 Å². The number of Topliss-reactive ketones (excluding diaryl/α,β-unsaturated/α-hetero) is 2. The third-order valence-corrected chi connectivity index (χ3v) is 12.0. The molecule has 0 aliphatic heterocycles. The van der Waals surface area contributed by atoms with Crippen LogP contribution in [0, 0.1) is 0 Å². The summed E-state index contributed by atoms with van der Waals surface area (Å²) in [4.78, 5) is 26.9. The minimum Gasteiger partial charge on any atom is -0.350 e. The molecule has 0 amide bonds. The van der Waals surface area contributed by atoms with E-state index in [9.17, 15) is 9.59 Å². The Morgan fingerprint density at radius 3 is 0.846 bits per heavy atom. The van der Waals surface area contributed by atoms with Crippen LogP contribution < -0.4 is 0 Å². The highest BCUT2D eigenvalue weighted by atomic mass is 16.2. The third kappa shape index (κ3) is 17.4. The molecule has 0 atom stereocenters. The summed E-state index contributed by atoms with van der Waals surface area (Å²) in [6.45, 7) is 6.38. The largest absolute Gasteiger partial charge is 0.350 e. The van der Waals surface area contributed by atoms with Gasteiger partial charge in [0.15, 0.2) is 11.6 Å². The summed E-state index contributed by atoms with van der Waals surface area (Å²) in [5, 5.41) is 0. The molecule has 1 fully saturated rings. The topological polar surface area (TPSA) is 44.0 Å². The Morgan fingerprint density at radius 1 is 0.365 bits per heavy atom. The van der Waals surface area contributed by atoms with Crippen LogP contribution >= 0.6 is 0 Å². The molecule has 0 bridgehead atoms.